The number of Topliss-reactive ketones (excluding diaryl/α,β-unsaturated/α-hetero) is 1. The molecule has 4 heteroatoms. The van der Waals surface area contributed by atoms with Crippen molar-refractivity contribution in [2.75, 3.05) is 0 Å². The lowest BCUT2D eigenvalue weighted by Crippen LogP contribution is -1.96. The summed E-state index contributed by atoms with van der Waals surface area (Å²) in [6, 6.07) is 9.73. The van der Waals surface area contributed by atoms with Crippen molar-refractivity contribution in [1.29, 1.82) is 0 Å². The first-order valence-electron chi connectivity index (χ1n) is 6.50. The van der Waals surface area contributed by atoms with Crippen molar-refractivity contribution in [3.8, 4) is 11.4 Å². The summed E-state index contributed by atoms with van der Waals surface area (Å²) in [6.45, 7) is 5.65. The van der Waals surface area contributed by atoms with E-state index >= 15 is 0 Å². The van der Waals surface area contributed by atoms with E-state index in [1.54, 1.807) is 23.7 Å². The molecule has 0 unspecified atom stereocenters. The second kappa shape index (κ2) is 4.56. The minimum atomic E-state index is 0.0241. The number of rotatable bonds is 2. The molecule has 4 nitrogen and oxygen atoms in total. The van der Waals surface area contributed by atoms with Gasteiger partial charge in [0.25, 0.3) is 0 Å². The van der Waals surface area contributed by atoms with Crippen LogP contribution in [0.5, 0.6) is 0 Å². The summed E-state index contributed by atoms with van der Waals surface area (Å²) in [4.78, 5) is 16.0. The molecule has 0 fully saturated rings. The summed E-state index contributed by atoms with van der Waals surface area (Å²) in [6.07, 6.45) is 1.72. The summed E-state index contributed by atoms with van der Waals surface area (Å²) in [5.41, 5.74) is 4.73. The van der Waals surface area contributed by atoms with Crippen molar-refractivity contribution >= 4 is 11.4 Å². The SMILES string of the molecule is CC(=O)c1ccc2nc(-c3c(C)cccc3C)nn2c1. The van der Waals surface area contributed by atoms with Gasteiger partial charge in [-0.1, -0.05) is 18.2 Å². The second-order valence-electron chi connectivity index (χ2n) is 4.98. The van der Waals surface area contributed by atoms with Gasteiger partial charge < -0.3 is 0 Å². The number of carbonyl (C=O) groups excluding carboxylic acids is 1. The predicted octanol–water partition coefficient (Wildman–Crippen LogP) is 3.22. The largest absolute Gasteiger partial charge is 0.294 e. The molecule has 2 aromatic heterocycles. The lowest BCUT2D eigenvalue weighted by Gasteiger charge is -2.04. The number of hydrogen-bond acceptors (Lipinski definition) is 3. The Morgan fingerprint density at radius 2 is 1.80 bits per heavy atom. The van der Waals surface area contributed by atoms with Gasteiger partial charge in [0.2, 0.25) is 0 Å². The number of carbonyl (C=O) groups is 1. The maximum atomic E-state index is 11.4. The molecule has 0 bridgehead atoms. The molecule has 0 aliphatic carbocycles. The molecular formula is C16H15N3O. The number of benzene rings is 1. The van der Waals surface area contributed by atoms with Crippen molar-refractivity contribution in [1.82, 2.24) is 14.6 Å². The fourth-order valence-electron chi connectivity index (χ4n) is 2.36. The van der Waals surface area contributed by atoms with Gasteiger partial charge in [0.05, 0.1) is 0 Å². The average Bonchev–Trinajstić information content (AvgIpc) is 2.80. The van der Waals surface area contributed by atoms with Gasteiger partial charge in [0.1, 0.15) is 0 Å². The van der Waals surface area contributed by atoms with Crippen LogP contribution in [0.25, 0.3) is 17.0 Å². The van der Waals surface area contributed by atoms with Crippen LogP contribution in [0.2, 0.25) is 0 Å². The lowest BCUT2D eigenvalue weighted by molar-refractivity contribution is 0.101. The van der Waals surface area contributed by atoms with Crippen LogP contribution in [-0.4, -0.2) is 20.4 Å². The van der Waals surface area contributed by atoms with Crippen LogP contribution in [0.1, 0.15) is 28.4 Å². The minimum Gasteiger partial charge on any atom is -0.294 e. The minimum absolute atomic E-state index is 0.0241. The molecule has 20 heavy (non-hydrogen) atoms. The number of pyridine rings is 1. The van der Waals surface area contributed by atoms with E-state index in [-0.39, 0.29) is 5.78 Å². The van der Waals surface area contributed by atoms with Crippen LogP contribution in [0, 0.1) is 13.8 Å². The third-order valence-electron chi connectivity index (χ3n) is 3.44. The summed E-state index contributed by atoms with van der Waals surface area (Å²) in [5, 5.41) is 4.50. The molecular weight excluding hydrogens is 250 g/mol. The van der Waals surface area contributed by atoms with Gasteiger partial charge in [-0.15, -0.1) is 5.10 Å². The fourth-order valence-corrected chi connectivity index (χ4v) is 2.36. The number of ketones is 1. The van der Waals surface area contributed by atoms with Gasteiger partial charge in [-0.2, -0.15) is 0 Å². The number of aryl methyl sites for hydroxylation is 2. The maximum absolute atomic E-state index is 11.4. The smallest absolute Gasteiger partial charge is 0.182 e. The number of fused-ring (bicyclic) bond motifs is 1. The third kappa shape index (κ3) is 1.99. The van der Waals surface area contributed by atoms with E-state index in [1.165, 1.54) is 0 Å². The van der Waals surface area contributed by atoms with E-state index in [0.717, 1.165) is 22.3 Å². The Balaban J connectivity index is 2.21. The Morgan fingerprint density at radius 3 is 2.45 bits per heavy atom. The van der Waals surface area contributed by atoms with Crippen molar-refractivity contribution in [2.45, 2.75) is 20.8 Å². The summed E-state index contributed by atoms with van der Waals surface area (Å²) < 4.78 is 1.66. The molecule has 100 valence electrons. The van der Waals surface area contributed by atoms with Crippen LogP contribution >= 0.6 is 0 Å². The zero-order valence-corrected chi connectivity index (χ0v) is 11.7. The van der Waals surface area contributed by atoms with Crippen LogP contribution < -0.4 is 0 Å². The Morgan fingerprint density at radius 1 is 1.10 bits per heavy atom. The molecule has 0 atom stereocenters. The first-order valence-corrected chi connectivity index (χ1v) is 6.50. The van der Waals surface area contributed by atoms with Crippen LogP contribution in [0.15, 0.2) is 36.5 Å². The Kier molecular flexibility index (Phi) is 2.86. The van der Waals surface area contributed by atoms with E-state index < -0.39 is 0 Å². The van der Waals surface area contributed by atoms with Crippen LogP contribution in [0.4, 0.5) is 0 Å². The van der Waals surface area contributed by atoms with E-state index in [0.29, 0.717) is 11.4 Å². The van der Waals surface area contributed by atoms with E-state index in [9.17, 15) is 4.79 Å². The highest BCUT2D eigenvalue weighted by atomic mass is 16.1. The topological polar surface area (TPSA) is 47.3 Å². The summed E-state index contributed by atoms with van der Waals surface area (Å²) in [7, 11) is 0. The monoisotopic (exact) mass is 265 g/mol. The fraction of sp³-hybridized carbons (Fsp3) is 0.188. The predicted molar refractivity (Wildman–Crippen MR) is 77.9 cm³/mol. The molecule has 3 rings (SSSR count). The van der Waals surface area contributed by atoms with Crippen molar-refractivity contribution in [2.24, 2.45) is 0 Å². The Hall–Kier alpha value is -2.49. The van der Waals surface area contributed by atoms with Gasteiger partial charge in [-0.3, -0.25) is 4.79 Å². The Labute approximate surface area is 117 Å². The van der Waals surface area contributed by atoms with Gasteiger partial charge in [0.15, 0.2) is 17.3 Å². The number of nitrogens with zero attached hydrogens (tertiary/aromatic N) is 3. The molecule has 0 radical (unpaired) electrons. The highest BCUT2D eigenvalue weighted by molar-refractivity contribution is 5.94. The Bertz CT molecular complexity index is 797. The van der Waals surface area contributed by atoms with Crippen molar-refractivity contribution in [3.05, 3.63) is 53.2 Å². The number of aromatic nitrogens is 3. The number of hydrogen-bond donors (Lipinski definition) is 0. The molecule has 0 N–H and O–H groups in total. The van der Waals surface area contributed by atoms with Gasteiger partial charge in [-0.25, -0.2) is 9.50 Å². The zero-order valence-electron chi connectivity index (χ0n) is 11.7. The molecule has 0 saturated heterocycles. The van der Waals surface area contributed by atoms with Crippen LogP contribution in [0.3, 0.4) is 0 Å². The summed E-state index contributed by atoms with van der Waals surface area (Å²) >= 11 is 0. The molecule has 3 aromatic rings. The highest BCUT2D eigenvalue weighted by Gasteiger charge is 2.12. The quantitative estimate of drug-likeness (QED) is 0.668. The molecule has 1 aromatic carbocycles. The van der Waals surface area contributed by atoms with E-state index in [4.69, 9.17) is 0 Å². The van der Waals surface area contributed by atoms with Crippen molar-refractivity contribution in [3.63, 3.8) is 0 Å². The molecule has 0 aliphatic heterocycles. The molecule has 0 amide bonds. The average molecular weight is 265 g/mol. The van der Waals surface area contributed by atoms with E-state index in [2.05, 4.69) is 36.1 Å². The maximum Gasteiger partial charge on any atom is 0.182 e. The molecule has 0 aliphatic rings. The van der Waals surface area contributed by atoms with E-state index in [1.807, 2.05) is 12.1 Å². The normalized spacial score (nSPS) is 10.9. The second-order valence-corrected chi connectivity index (χ2v) is 4.98. The highest BCUT2D eigenvalue weighted by Crippen LogP contribution is 2.24. The first-order chi connectivity index (χ1) is 9.56. The lowest BCUT2D eigenvalue weighted by atomic mass is 10.0. The van der Waals surface area contributed by atoms with Gasteiger partial charge in [0, 0.05) is 17.3 Å². The molecule has 2 heterocycles. The van der Waals surface area contributed by atoms with Gasteiger partial charge >= 0.3 is 0 Å². The molecule has 0 saturated carbocycles. The van der Waals surface area contributed by atoms with Crippen molar-refractivity contribution < 1.29 is 4.79 Å². The zero-order chi connectivity index (χ0) is 14.3. The third-order valence-corrected chi connectivity index (χ3v) is 3.44. The molecule has 0 spiro atoms. The summed E-state index contributed by atoms with van der Waals surface area (Å²) in [5.74, 6) is 0.720. The standard InChI is InChI=1S/C16H15N3O/c1-10-5-4-6-11(2)15(10)16-17-14-8-7-13(12(3)20)9-19(14)18-16/h4-9H,1-3H3. The van der Waals surface area contributed by atoms with Crippen LogP contribution in [-0.2, 0) is 0 Å². The first kappa shape index (κ1) is 12.5. The van der Waals surface area contributed by atoms with Gasteiger partial charge in [-0.05, 0) is 44.0 Å².